The Morgan fingerprint density at radius 1 is 1.30 bits per heavy atom. The topological polar surface area (TPSA) is 81.4 Å². The first kappa shape index (κ1) is 16.9. The molecule has 0 atom stereocenters. The van der Waals surface area contributed by atoms with Gasteiger partial charge in [0, 0.05) is 19.8 Å². The van der Waals surface area contributed by atoms with E-state index in [0.29, 0.717) is 19.6 Å². The van der Waals surface area contributed by atoms with E-state index in [1.54, 1.807) is 0 Å². The summed E-state index contributed by atoms with van der Waals surface area (Å²) in [6.45, 7) is 3.51. The second kappa shape index (κ2) is 8.18. The summed E-state index contributed by atoms with van der Waals surface area (Å²) in [5.74, 6) is -0.740. The molecule has 1 rings (SSSR count). The highest BCUT2D eigenvalue weighted by Gasteiger charge is 2.14. The first-order valence-corrected chi connectivity index (χ1v) is 8.08. The highest BCUT2D eigenvalue weighted by Crippen LogP contribution is 2.15. The Kier molecular flexibility index (Phi) is 6.90. The third kappa shape index (κ3) is 5.44. The quantitative estimate of drug-likeness (QED) is 0.539. The molecule has 0 aliphatic heterocycles. The summed E-state index contributed by atoms with van der Waals surface area (Å²) in [6, 6.07) is 3.42. The van der Waals surface area contributed by atoms with Crippen LogP contribution in [0.15, 0.2) is 23.1 Å². The highest BCUT2D eigenvalue weighted by atomic mass is 32.2. The van der Waals surface area contributed by atoms with Gasteiger partial charge in [-0.15, -0.1) is 0 Å². The van der Waals surface area contributed by atoms with Crippen LogP contribution in [0.4, 0.5) is 10.1 Å². The van der Waals surface area contributed by atoms with E-state index in [2.05, 4.69) is 11.6 Å². The summed E-state index contributed by atoms with van der Waals surface area (Å²) in [5, 5.41) is 0. The average Bonchev–Trinajstić information content (AvgIpc) is 2.40. The zero-order valence-electron chi connectivity index (χ0n) is 11.6. The zero-order valence-corrected chi connectivity index (χ0v) is 12.4. The molecule has 0 aliphatic rings. The lowest BCUT2D eigenvalue weighted by Crippen LogP contribution is -2.25. The predicted molar refractivity (Wildman–Crippen MR) is 76.3 cm³/mol. The van der Waals surface area contributed by atoms with E-state index < -0.39 is 15.8 Å². The maximum atomic E-state index is 13.2. The molecule has 114 valence electrons. The first-order valence-electron chi connectivity index (χ1n) is 6.60. The minimum atomic E-state index is -3.70. The fraction of sp³-hybridized carbons (Fsp3) is 0.538. The summed E-state index contributed by atoms with van der Waals surface area (Å²) in [4.78, 5) is -0.129. The van der Waals surface area contributed by atoms with Crippen LogP contribution in [0.1, 0.15) is 26.2 Å². The van der Waals surface area contributed by atoms with Crippen LogP contribution in [0.2, 0.25) is 0 Å². The molecule has 0 radical (unpaired) electrons. The van der Waals surface area contributed by atoms with Crippen molar-refractivity contribution >= 4 is 15.7 Å². The number of rotatable bonds is 9. The van der Waals surface area contributed by atoms with Gasteiger partial charge in [-0.25, -0.2) is 17.5 Å². The van der Waals surface area contributed by atoms with Crippen molar-refractivity contribution in [3.8, 4) is 0 Å². The standard InChI is InChI=1S/C13H21FN2O3S/c1-2-3-8-19-9-4-7-16-20(17,18)11-5-6-13(15)12(14)10-11/h5-6,10,16H,2-4,7-9,15H2,1H3. The third-order valence-corrected chi connectivity index (χ3v) is 4.14. The molecule has 0 saturated carbocycles. The van der Waals surface area contributed by atoms with Crippen molar-refractivity contribution in [1.29, 1.82) is 0 Å². The lowest BCUT2D eigenvalue weighted by atomic mass is 10.3. The third-order valence-electron chi connectivity index (χ3n) is 2.68. The molecular weight excluding hydrogens is 283 g/mol. The van der Waals surface area contributed by atoms with Gasteiger partial charge in [0.2, 0.25) is 10.0 Å². The Bertz CT molecular complexity index is 520. The van der Waals surface area contributed by atoms with Crippen LogP contribution in [0.25, 0.3) is 0 Å². The van der Waals surface area contributed by atoms with Crippen molar-refractivity contribution in [2.45, 2.75) is 31.1 Å². The van der Waals surface area contributed by atoms with Gasteiger partial charge >= 0.3 is 0 Å². The van der Waals surface area contributed by atoms with Crippen LogP contribution < -0.4 is 10.5 Å². The van der Waals surface area contributed by atoms with E-state index >= 15 is 0 Å². The Hall–Kier alpha value is -1.18. The molecule has 0 fully saturated rings. The van der Waals surface area contributed by atoms with Gasteiger partial charge in [-0.05, 0) is 31.0 Å². The van der Waals surface area contributed by atoms with Crippen LogP contribution in [0.3, 0.4) is 0 Å². The number of nitrogens with two attached hydrogens (primary N) is 1. The van der Waals surface area contributed by atoms with E-state index in [4.69, 9.17) is 10.5 Å². The SMILES string of the molecule is CCCCOCCCNS(=O)(=O)c1ccc(N)c(F)c1. The molecule has 5 nitrogen and oxygen atoms in total. The van der Waals surface area contributed by atoms with Gasteiger partial charge in [0.1, 0.15) is 5.82 Å². The molecule has 3 N–H and O–H groups in total. The number of ether oxygens (including phenoxy) is 1. The second-order valence-electron chi connectivity index (χ2n) is 4.40. The van der Waals surface area contributed by atoms with Gasteiger partial charge in [-0.1, -0.05) is 13.3 Å². The van der Waals surface area contributed by atoms with Crippen LogP contribution >= 0.6 is 0 Å². The predicted octanol–water partition coefficient (Wildman–Crippen LogP) is 1.89. The number of nitrogen functional groups attached to an aromatic ring is 1. The van der Waals surface area contributed by atoms with Crippen LogP contribution in [0.5, 0.6) is 0 Å². The number of nitrogens with one attached hydrogen (secondary N) is 1. The van der Waals surface area contributed by atoms with Crippen molar-refractivity contribution < 1.29 is 17.5 Å². The fourth-order valence-electron chi connectivity index (χ4n) is 1.49. The second-order valence-corrected chi connectivity index (χ2v) is 6.17. The molecule has 0 unspecified atom stereocenters. The van der Waals surface area contributed by atoms with Crippen molar-refractivity contribution in [2.24, 2.45) is 0 Å². The summed E-state index contributed by atoms with van der Waals surface area (Å²) >= 11 is 0. The maximum absolute atomic E-state index is 13.2. The molecule has 0 amide bonds. The van der Waals surface area contributed by atoms with Crippen LogP contribution in [-0.2, 0) is 14.8 Å². The molecule has 0 heterocycles. The Morgan fingerprint density at radius 3 is 2.65 bits per heavy atom. The molecule has 0 bridgehead atoms. The van der Waals surface area contributed by atoms with Crippen molar-refractivity contribution in [1.82, 2.24) is 4.72 Å². The number of halogens is 1. The lowest BCUT2D eigenvalue weighted by molar-refractivity contribution is 0.130. The molecule has 0 aromatic heterocycles. The molecule has 1 aromatic rings. The van der Waals surface area contributed by atoms with Crippen molar-refractivity contribution in [3.05, 3.63) is 24.0 Å². The molecule has 0 aliphatic carbocycles. The highest BCUT2D eigenvalue weighted by molar-refractivity contribution is 7.89. The van der Waals surface area contributed by atoms with Gasteiger partial charge < -0.3 is 10.5 Å². The van der Waals surface area contributed by atoms with E-state index in [0.717, 1.165) is 18.9 Å². The molecule has 0 spiro atoms. The Labute approximate surface area is 119 Å². The van der Waals surface area contributed by atoms with E-state index in [-0.39, 0.29) is 17.1 Å². The smallest absolute Gasteiger partial charge is 0.240 e. The number of benzene rings is 1. The summed E-state index contributed by atoms with van der Waals surface area (Å²) in [7, 11) is -3.70. The maximum Gasteiger partial charge on any atom is 0.240 e. The Morgan fingerprint density at radius 2 is 2.00 bits per heavy atom. The van der Waals surface area contributed by atoms with Gasteiger partial charge in [-0.2, -0.15) is 0 Å². The molecular formula is C13H21FN2O3S. The lowest BCUT2D eigenvalue weighted by Gasteiger charge is -2.08. The Balaban J connectivity index is 2.40. The minimum absolute atomic E-state index is 0.0757. The summed E-state index contributed by atoms with van der Waals surface area (Å²) in [5.41, 5.74) is 5.23. The number of anilines is 1. The van der Waals surface area contributed by atoms with Crippen LogP contribution in [0, 0.1) is 5.82 Å². The van der Waals surface area contributed by atoms with Crippen molar-refractivity contribution in [3.63, 3.8) is 0 Å². The first-order chi connectivity index (χ1) is 9.47. The number of hydrogen-bond donors (Lipinski definition) is 2. The number of sulfonamides is 1. The molecule has 1 aromatic carbocycles. The van der Waals surface area contributed by atoms with Crippen molar-refractivity contribution in [2.75, 3.05) is 25.5 Å². The summed E-state index contributed by atoms with van der Waals surface area (Å²) < 4.78 is 44.7. The molecule has 20 heavy (non-hydrogen) atoms. The minimum Gasteiger partial charge on any atom is -0.396 e. The average molecular weight is 304 g/mol. The van der Waals surface area contributed by atoms with Gasteiger partial charge in [0.15, 0.2) is 0 Å². The largest absolute Gasteiger partial charge is 0.396 e. The van der Waals surface area contributed by atoms with E-state index in [1.807, 2.05) is 0 Å². The summed E-state index contributed by atoms with van der Waals surface area (Å²) in [6.07, 6.45) is 2.63. The fourth-order valence-corrected chi connectivity index (χ4v) is 2.57. The van der Waals surface area contributed by atoms with Crippen LogP contribution in [-0.4, -0.2) is 28.2 Å². The monoisotopic (exact) mass is 304 g/mol. The zero-order chi connectivity index (χ0) is 15.0. The van der Waals surface area contributed by atoms with Gasteiger partial charge in [0.05, 0.1) is 10.6 Å². The molecule has 7 heteroatoms. The van der Waals surface area contributed by atoms with E-state index in [1.165, 1.54) is 12.1 Å². The molecule has 0 saturated heterocycles. The van der Waals surface area contributed by atoms with Gasteiger partial charge in [-0.3, -0.25) is 0 Å². The number of unbranched alkanes of at least 4 members (excludes halogenated alkanes) is 1. The normalized spacial score (nSPS) is 11.7. The van der Waals surface area contributed by atoms with Gasteiger partial charge in [0.25, 0.3) is 0 Å². The number of hydrogen-bond acceptors (Lipinski definition) is 4. The van der Waals surface area contributed by atoms with E-state index in [9.17, 15) is 12.8 Å².